The van der Waals surface area contributed by atoms with E-state index in [-0.39, 0.29) is 6.10 Å². The summed E-state index contributed by atoms with van der Waals surface area (Å²) in [6.07, 6.45) is 4.34. The van der Waals surface area contributed by atoms with Gasteiger partial charge in [-0.15, -0.1) is 0 Å². The molecule has 0 saturated carbocycles. The van der Waals surface area contributed by atoms with Gasteiger partial charge < -0.3 is 15.6 Å². The molecule has 0 amide bonds. The van der Waals surface area contributed by atoms with Crippen LogP contribution in [0.25, 0.3) is 11.1 Å². The van der Waals surface area contributed by atoms with Crippen molar-refractivity contribution in [2.75, 3.05) is 18.9 Å². The van der Waals surface area contributed by atoms with Gasteiger partial charge in [-0.1, -0.05) is 42.8 Å². The summed E-state index contributed by atoms with van der Waals surface area (Å²) in [5.74, 6) is 0.487. The van der Waals surface area contributed by atoms with Crippen LogP contribution in [0.2, 0.25) is 5.02 Å². The van der Waals surface area contributed by atoms with Crippen LogP contribution in [0.15, 0.2) is 36.5 Å². The molecule has 1 aromatic heterocycles. The van der Waals surface area contributed by atoms with E-state index in [1.165, 1.54) is 5.56 Å². The van der Waals surface area contributed by atoms with Crippen molar-refractivity contribution < 1.29 is 9.84 Å². The number of aliphatic hydroxyl groups is 1. The number of nitrogens with zero attached hydrogens (tertiary/aromatic N) is 1. The van der Waals surface area contributed by atoms with Crippen LogP contribution in [-0.2, 0) is 11.2 Å². The van der Waals surface area contributed by atoms with Crippen LogP contribution < -0.4 is 5.73 Å². The lowest BCUT2D eigenvalue weighted by Crippen LogP contribution is -2.21. The molecule has 124 valence electrons. The van der Waals surface area contributed by atoms with Gasteiger partial charge in [0.15, 0.2) is 0 Å². The Hall–Kier alpha value is -1.62. The summed E-state index contributed by atoms with van der Waals surface area (Å²) >= 11 is 6.11. The maximum atomic E-state index is 8.78. The zero-order valence-electron chi connectivity index (χ0n) is 13.3. The van der Waals surface area contributed by atoms with E-state index < -0.39 is 0 Å². The average molecular weight is 335 g/mol. The number of nitrogen functional groups attached to an aromatic ring is 1. The van der Waals surface area contributed by atoms with Gasteiger partial charge in [0.05, 0.1) is 17.7 Å². The first-order valence-corrected chi connectivity index (χ1v) is 8.24. The maximum absolute atomic E-state index is 8.78. The number of aryl methyl sites for hydroxylation is 1. The number of pyridine rings is 1. The molecule has 4 nitrogen and oxygen atoms in total. The number of aromatic nitrogens is 1. The average Bonchev–Trinajstić information content (AvgIpc) is 2.58. The molecule has 3 rings (SSSR count). The van der Waals surface area contributed by atoms with E-state index in [4.69, 9.17) is 27.2 Å². The number of anilines is 1. The standard InChI is InChI=1S/C13H13ClN2.C5H10O2/c1-2-9-4-3-5-10(6-9)11-7-13(15)16-8-12(11)14;6-5-2-1-3-7-4-5/h3-8H,2H2,1H3,(H2,15,16);5-6H,1-4H2. The molecule has 5 heteroatoms. The van der Waals surface area contributed by atoms with Crippen LogP contribution in [0.1, 0.15) is 25.3 Å². The van der Waals surface area contributed by atoms with E-state index in [1.54, 1.807) is 12.3 Å². The van der Waals surface area contributed by atoms with Crippen molar-refractivity contribution in [3.63, 3.8) is 0 Å². The fourth-order valence-corrected chi connectivity index (χ4v) is 2.57. The third-order valence-corrected chi connectivity index (χ3v) is 3.96. The lowest BCUT2D eigenvalue weighted by molar-refractivity contribution is -0.00535. The van der Waals surface area contributed by atoms with Gasteiger partial charge in [-0.3, -0.25) is 0 Å². The SMILES string of the molecule is CCc1cccc(-c2cc(N)ncc2Cl)c1.OC1CCCOC1. The molecule has 1 unspecified atom stereocenters. The van der Waals surface area contributed by atoms with E-state index in [2.05, 4.69) is 24.0 Å². The quantitative estimate of drug-likeness (QED) is 0.878. The van der Waals surface area contributed by atoms with Gasteiger partial charge in [0.2, 0.25) is 0 Å². The molecule has 1 aromatic carbocycles. The maximum Gasteiger partial charge on any atom is 0.124 e. The molecule has 1 atom stereocenters. The molecule has 0 spiro atoms. The van der Waals surface area contributed by atoms with Gasteiger partial charge in [0.1, 0.15) is 5.82 Å². The first-order valence-electron chi connectivity index (χ1n) is 7.86. The largest absolute Gasteiger partial charge is 0.391 e. The third kappa shape index (κ3) is 5.50. The van der Waals surface area contributed by atoms with Crippen LogP contribution in [-0.4, -0.2) is 29.4 Å². The van der Waals surface area contributed by atoms with E-state index in [9.17, 15) is 0 Å². The molecule has 2 aromatic rings. The van der Waals surface area contributed by atoms with E-state index in [0.29, 0.717) is 17.4 Å². The van der Waals surface area contributed by atoms with E-state index in [0.717, 1.165) is 37.0 Å². The fraction of sp³-hybridized carbons (Fsp3) is 0.389. The molecule has 1 aliphatic rings. The summed E-state index contributed by atoms with van der Waals surface area (Å²) in [5.41, 5.74) is 8.96. The number of benzene rings is 1. The zero-order chi connectivity index (χ0) is 16.7. The zero-order valence-corrected chi connectivity index (χ0v) is 14.1. The van der Waals surface area contributed by atoms with Crippen molar-refractivity contribution >= 4 is 17.4 Å². The minimum absolute atomic E-state index is 0.186. The normalized spacial score (nSPS) is 17.3. The van der Waals surface area contributed by atoms with Gasteiger partial charge in [-0.2, -0.15) is 0 Å². The second-order valence-electron chi connectivity index (χ2n) is 5.51. The molecule has 1 fully saturated rings. The fourth-order valence-electron chi connectivity index (χ4n) is 2.36. The molecule has 0 radical (unpaired) electrons. The summed E-state index contributed by atoms with van der Waals surface area (Å²) in [5, 5.41) is 9.41. The summed E-state index contributed by atoms with van der Waals surface area (Å²) in [7, 11) is 0. The van der Waals surface area contributed by atoms with Crippen LogP contribution in [0.5, 0.6) is 0 Å². The van der Waals surface area contributed by atoms with Crippen molar-refractivity contribution in [2.45, 2.75) is 32.3 Å². The molecule has 0 aliphatic carbocycles. The Morgan fingerprint density at radius 3 is 2.83 bits per heavy atom. The summed E-state index contributed by atoms with van der Waals surface area (Å²) < 4.78 is 4.93. The molecule has 3 N–H and O–H groups in total. The lowest BCUT2D eigenvalue weighted by atomic mass is 10.0. The molecule has 1 saturated heterocycles. The topological polar surface area (TPSA) is 68.4 Å². The first-order chi connectivity index (χ1) is 11.1. The highest BCUT2D eigenvalue weighted by Crippen LogP contribution is 2.29. The molecule has 1 aliphatic heterocycles. The van der Waals surface area contributed by atoms with Crippen molar-refractivity contribution in [1.82, 2.24) is 4.98 Å². The van der Waals surface area contributed by atoms with Gasteiger partial charge in [-0.05, 0) is 36.5 Å². The minimum Gasteiger partial charge on any atom is -0.391 e. The smallest absolute Gasteiger partial charge is 0.124 e. The highest BCUT2D eigenvalue weighted by molar-refractivity contribution is 6.33. The van der Waals surface area contributed by atoms with Crippen LogP contribution in [0.3, 0.4) is 0 Å². The predicted octanol–water partition coefficient (Wildman–Crippen LogP) is 3.70. The highest BCUT2D eigenvalue weighted by atomic mass is 35.5. The monoisotopic (exact) mass is 334 g/mol. The van der Waals surface area contributed by atoms with Gasteiger partial charge in [-0.25, -0.2) is 4.98 Å². The van der Waals surface area contributed by atoms with Crippen LogP contribution in [0.4, 0.5) is 5.82 Å². The Balaban J connectivity index is 0.000000229. The second-order valence-corrected chi connectivity index (χ2v) is 5.92. The number of hydrogen-bond donors (Lipinski definition) is 2. The van der Waals surface area contributed by atoms with E-state index >= 15 is 0 Å². The Morgan fingerprint density at radius 2 is 2.22 bits per heavy atom. The summed E-state index contributed by atoms with van der Waals surface area (Å²) in [4.78, 5) is 3.95. The Morgan fingerprint density at radius 1 is 1.39 bits per heavy atom. The number of aliphatic hydroxyl groups excluding tert-OH is 1. The van der Waals surface area contributed by atoms with Gasteiger partial charge in [0.25, 0.3) is 0 Å². The number of hydrogen-bond acceptors (Lipinski definition) is 4. The molecule has 0 bridgehead atoms. The molecular weight excluding hydrogens is 312 g/mol. The summed E-state index contributed by atoms with van der Waals surface area (Å²) in [6, 6.07) is 10.1. The second kappa shape index (κ2) is 8.87. The van der Waals surface area contributed by atoms with Crippen LogP contribution in [0, 0.1) is 0 Å². The van der Waals surface area contributed by atoms with Crippen molar-refractivity contribution in [3.8, 4) is 11.1 Å². The van der Waals surface area contributed by atoms with Crippen molar-refractivity contribution in [2.24, 2.45) is 0 Å². The highest BCUT2D eigenvalue weighted by Gasteiger charge is 2.08. The number of rotatable bonds is 2. The van der Waals surface area contributed by atoms with Gasteiger partial charge in [0, 0.05) is 18.4 Å². The van der Waals surface area contributed by atoms with Gasteiger partial charge >= 0.3 is 0 Å². The van der Waals surface area contributed by atoms with Crippen molar-refractivity contribution in [1.29, 1.82) is 0 Å². The molecule has 23 heavy (non-hydrogen) atoms. The predicted molar refractivity (Wildman–Crippen MR) is 94.5 cm³/mol. The number of halogens is 1. The summed E-state index contributed by atoms with van der Waals surface area (Å²) in [6.45, 7) is 3.50. The number of ether oxygens (including phenoxy) is 1. The Labute approximate surface area is 142 Å². The molecular formula is C18H23ClN2O2. The first kappa shape index (κ1) is 17.7. The third-order valence-electron chi connectivity index (χ3n) is 3.66. The van der Waals surface area contributed by atoms with Crippen LogP contribution >= 0.6 is 11.6 Å². The van der Waals surface area contributed by atoms with Crippen molar-refractivity contribution in [3.05, 3.63) is 47.1 Å². The lowest BCUT2D eigenvalue weighted by Gasteiger charge is -2.15. The minimum atomic E-state index is -0.186. The van der Waals surface area contributed by atoms with E-state index in [1.807, 2.05) is 12.1 Å². The number of nitrogens with two attached hydrogens (primary N) is 1. The Bertz CT molecular complexity index is 628. The Kier molecular flexibility index (Phi) is 6.84. The molecule has 2 heterocycles.